The second-order valence-corrected chi connectivity index (χ2v) is 4.66. The summed E-state index contributed by atoms with van der Waals surface area (Å²) in [4.78, 5) is 14.1. The largest absolute Gasteiger partial charge is 0.392 e. The molecule has 0 saturated carbocycles. The molecule has 0 spiro atoms. The Balaban J connectivity index is 2.87. The van der Waals surface area contributed by atoms with Crippen LogP contribution in [0, 0.1) is 0 Å². The van der Waals surface area contributed by atoms with Gasteiger partial charge in [-0.15, -0.1) is 0 Å². The average Bonchev–Trinajstić information content (AvgIpc) is 2.27. The second-order valence-electron chi connectivity index (χ2n) is 3.70. The van der Waals surface area contributed by atoms with Gasteiger partial charge in [-0.05, 0) is 24.6 Å². The first-order chi connectivity index (χ1) is 8.04. The highest BCUT2D eigenvalue weighted by Crippen LogP contribution is 2.13. The number of thiocarbonyl (C=S) groups is 1. The van der Waals surface area contributed by atoms with Crippen LogP contribution in [0.1, 0.15) is 23.7 Å². The third kappa shape index (κ3) is 4.32. The molecule has 0 fully saturated rings. The Morgan fingerprint density at radius 1 is 1.53 bits per heavy atom. The van der Waals surface area contributed by atoms with Gasteiger partial charge >= 0.3 is 0 Å². The van der Waals surface area contributed by atoms with E-state index in [2.05, 4.69) is 0 Å². The number of amides is 1. The fourth-order valence-electron chi connectivity index (χ4n) is 1.51. The maximum Gasteiger partial charge on any atom is 0.254 e. The Labute approximate surface area is 112 Å². The first-order valence-corrected chi connectivity index (χ1v) is 6.16. The summed E-state index contributed by atoms with van der Waals surface area (Å²) in [5, 5.41) is 0.544. The lowest BCUT2D eigenvalue weighted by molar-refractivity contribution is 0.0780. The van der Waals surface area contributed by atoms with Crippen LogP contribution < -0.4 is 5.73 Å². The summed E-state index contributed by atoms with van der Waals surface area (Å²) in [6.07, 6.45) is 0.856. The molecule has 17 heavy (non-hydrogen) atoms. The van der Waals surface area contributed by atoms with Crippen LogP contribution in [0.5, 0.6) is 0 Å². The molecule has 2 N–H and O–H groups in total. The smallest absolute Gasteiger partial charge is 0.254 e. The highest BCUT2D eigenvalue weighted by Gasteiger charge is 2.15. The lowest BCUT2D eigenvalue weighted by Crippen LogP contribution is -2.38. The van der Waals surface area contributed by atoms with Crippen LogP contribution in [-0.4, -0.2) is 28.9 Å². The number of carbonyl (C=O) groups is 1. The number of hydrogen-bond donors (Lipinski definition) is 1. The van der Waals surface area contributed by atoms with E-state index in [-0.39, 0.29) is 5.91 Å². The van der Waals surface area contributed by atoms with Crippen LogP contribution in [0.2, 0.25) is 5.02 Å². The van der Waals surface area contributed by atoms with Crippen molar-refractivity contribution in [1.29, 1.82) is 0 Å². The molecule has 1 aromatic rings. The van der Waals surface area contributed by atoms with Gasteiger partial charge in [0.25, 0.3) is 5.91 Å². The number of halogens is 1. The van der Waals surface area contributed by atoms with Crippen molar-refractivity contribution in [2.75, 3.05) is 13.1 Å². The molecular formula is C12H15ClN2OS. The summed E-state index contributed by atoms with van der Waals surface area (Å²) in [7, 11) is 0. The molecule has 1 aromatic carbocycles. The lowest BCUT2D eigenvalue weighted by atomic mass is 10.2. The zero-order valence-corrected chi connectivity index (χ0v) is 11.2. The first-order valence-electron chi connectivity index (χ1n) is 5.37. The standard InChI is InChI=1S/C12H15ClN2OS/c1-2-6-15(8-11(14)17)12(16)9-4-3-5-10(13)7-9/h3-5,7H,2,6,8H2,1H3,(H2,14,17). The van der Waals surface area contributed by atoms with Crippen LogP contribution >= 0.6 is 23.8 Å². The average molecular weight is 271 g/mol. The van der Waals surface area contributed by atoms with Crippen molar-refractivity contribution in [3.8, 4) is 0 Å². The third-order valence-corrected chi connectivity index (χ3v) is 2.56. The van der Waals surface area contributed by atoms with E-state index in [0.717, 1.165) is 6.42 Å². The number of nitrogens with zero attached hydrogens (tertiary/aromatic N) is 1. The van der Waals surface area contributed by atoms with Gasteiger partial charge in [0.15, 0.2) is 0 Å². The number of rotatable bonds is 5. The normalized spacial score (nSPS) is 10.0. The van der Waals surface area contributed by atoms with Crippen molar-refractivity contribution in [3.63, 3.8) is 0 Å². The molecule has 0 heterocycles. The second kappa shape index (κ2) is 6.57. The number of nitrogens with two attached hydrogens (primary N) is 1. The molecule has 0 radical (unpaired) electrons. The van der Waals surface area contributed by atoms with E-state index < -0.39 is 0 Å². The van der Waals surface area contributed by atoms with Gasteiger partial charge in [0.05, 0.1) is 11.5 Å². The molecule has 0 saturated heterocycles. The fourth-order valence-corrected chi connectivity index (χ4v) is 1.86. The molecule has 0 atom stereocenters. The van der Waals surface area contributed by atoms with Gasteiger partial charge in [-0.3, -0.25) is 4.79 Å². The van der Waals surface area contributed by atoms with Gasteiger partial charge in [-0.2, -0.15) is 0 Å². The Morgan fingerprint density at radius 3 is 2.76 bits per heavy atom. The molecule has 1 amide bonds. The van der Waals surface area contributed by atoms with Crippen LogP contribution in [0.3, 0.4) is 0 Å². The van der Waals surface area contributed by atoms with Gasteiger partial charge in [-0.1, -0.05) is 36.8 Å². The van der Waals surface area contributed by atoms with E-state index in [0.29, 0.717) is 28.7 Å². The zero-order chi connectivity index (χ0) is 12.8. The fraction of sp³-hybridized carbons (Fsp3) is 0.333. The summed E-state index contributed by atoms with van der Waals surface area (Å²) < 4.78 is 0. The molecule has 0 bridgehead atoms. The summed E-state index contributed by atoms with van der Waals surface area (Å²) in [6.45, 7) is 2.93. The minimum Gasteiger partial charge on any atom is -0.392 e. The predicted molar refractivity (Wildman–Crippen MR) is 74.4 cm³/mol. The summed E-state index contributed by atoms with van der Waals surface area (Å²) in [6, 6.07) is 6.86. The molecule has 3 nitrogen and oxygen atoms in total. The maximum absolute atomic E-state index is 12.2. The van der Waals surface area contributed by atoms with Gasteiger partial charge < -0.3 is 10.6 Å². The third-order valence-electron chi connectivity index (χ3n) is 2.20. The molecule has 0 aliphatic carbocycles. The lowest BCUT2D eigenvalue weighted by Gasteiger charge is -2.21. The summed E-state index contributed by atoms with van der Waals surface area (Å²) >= 11 is 10.7. The molecule has 5 heteroatoms. The summed E-state index contributed by atoms with van der Waals surface area (Å²) in [5.41, 5.74) is 6.04. The zero-order valence-electron chi connectivity index (χ0n) is 9.65. The van der Waals surface area contributed by atoms with Crippen LogP contribution in [-0.2, 0) is 0 Å². The highest BCUT2D eigenvalue weighted by atomic mass is 35.5. The van der Waals surface area contributed by atoms with E-state index in [4.69, 9.17) is 29.6 Å². The van der Waals surface area contributed by atoms with Crippen molar-refractivity contribution in [1.82, 2.24) is 4.90 Å². The first kappa shape index (κ1) is 13.9. The van der Waals surface area contributed by atoms with E-state index in [1.165, 1.54) is 0 Å². The van der Waals surface area contributed by atoms with E-state index in [1.54, 1.807) is 29.2 Å². The van der Waals surface area contributed by atoms with Gasteiger partial charge in [-0.25, -0.2) is 0 Å². The van der Waals surface area contributed by atoms with Crippen molar-refractivity contribution < 1.29 is 4.79 Å². The molecule has 0 aliphatic heterocycles. The minimum atomic E-state index is -0.0952. The van der Waals surface area contributed by atoms with Gasteiger partial charge in [0, 0.05) is 17.1 Å². The van der Waals surface area contributed by atoms with Crippen LogP contribution in [0.15, 0.2) is 24.3 Å². The number of benzene rings is 1. The Morgan fingerprint density at radius 2 is 2.24 bits per heavy atom. The van der Waals surface area contributed by atoms with Crippen molar-refractivity contribution >= 4 is 34.7 Å². The van der Waals surface area contributed by atoms with E-state index >= 15 is 0 Å². The predicted octanol–water partition coefficient (Wildman–Crippen LogP) is 2.48. The Bertz CT molecular complexity index is 423. The molecule has 1 rings (SSSR count). The van der Waals surface area contributed by atoms with Crippen LogP contribution in [0.25, 0.3) is 0 Å². The number of carbonyl (C=O) groups excluding carboxylic acids is 1. The topological polar surface area (TPSA) is 46.3 Å². The SMILES string of the molecule is CCCN(CC(N)=S)C(=O)c1cccc(Cl)c1. The molecule has 92 valence electrons. The number of hydrogen-bond acceptors (Lipinski definition) is 2. The molecule has 0 unspecified atom stereocenters. The van der Waals surface area contributed by atoms with E-state index in [9.17, 15) is 4.79 Å². The van der Waals surface area contributed by atoms with Gasteiger partial charge in [0.1, 0.15) is 0 Å². The summed E-state index contributed by atoms with van der Waals surface area (Å²) in [5.74, 6) is -0.0952. The maximum atomic E-state index is 12.2. The molecule has 0 aromatic heterocycles. The Hall–Kier alpha value is -1.13. The Kier molecular flexibility index (Phi) is 5.38. The van der Waals surface area contributed by atoms with Crippen molar-refractivity contribution in [3.05, 3.63) is 34.9 Å². The quantitative estimate of drug-likeness (QED) is 0.836. The van der Waals surface area contributed by atoms with E-state index in [1.807, 2.05) is 6.92 Å². The van der Waals surface area contributed by atoms with Crippen LogP contribution in [0.4, 0.5) is 0 Å². The molecular weight excluding hydrogens is 256 g/mol. The van der Waals surface area contributed by atoms with Crippen molar-refractivity contribution in [2.24, 2.45) is 5.73 Å². The monoisotopic (exact) mass is 270 g/mol. The minimum absolute atomic E-state index is 0.0952. The van der Waals surface area contributed by atoms with Crippen molar-refractivity contribution in [2.45, 2.75) is 13.3 Å². The van der Waals surface area contributed by atoms with Gasteiger partial charge in [0.2, 0.25) is 0 Å². The molecule has 0 aliphatic rings. The highest BCUT2D eigenvalue weighted by molar-refractivity contribution is 7.80.